The molecule has 2 N–H and O–H groups in total. The Kier molecular flexibility index (Phi) is 6.29. The van der Waals surface area contributed by atoms with Crippen molar-refractivity contribution >= 4 is 40.7 Å². The molecule has 1 saturated carbocycles. The lowest BCUT2D eigenvalue weighted by molar-refractivity contribution is -0.118. The lowest BCUT2D eigenvalue weighted by Crippen LogP contribution is -2.48. The topological polar surface area (TPSA) is 94.9 Å². The van der Waals surface area contributed by atoms with E-state index in [1.54, 1.807) is 6.20 Å². The normalized spacial score (nSPS) is 19.7. The van der Waals surface area contributed by atoms with Gasteiger partial charge < -0.3 is 15.5 Å². The molecule has 10 heteroatoms. The highest BCUT2D eigenvalue weighted by Crippen LogP contribution is 2.33. The molecule has 0 atom stereocenters. The van der Waals surface area contributed by atoms with Gasteiger partial charge in [0.2, 0.25) is 5.91 Å². The SMILES string of the molecule is C=C1NC(=O)C/C1=C\c1cnn2c(NC3CC3)cc(-c3ccc(C(=O)N4CCN(CCC)CC4)s3)nc12. The van der Waals surface area contributed by atoms with E-state index in [2.05, 4.69) is 34.1 Å². The number of thiophene rings is 1. The van der Waals surface area contributed by atoms with Crippen molar-refractivity contribution in [2.24, 2.45) is 0 Å². The second-order valence-electron chi connectivity index (χ2n) is 9.95. The van der Waals surface area contributed by atoms with E-state index in [1.165, 1.54) is 11.3 Å². The standard InChI is InChI=1S/C27H31N7O2S/c1-3-8-32-9-11-33(12-10-32)27(36)23-7-6-22(37-23)21-15-24(30-20-4-5-20)34-26(31-21)19(16-28-34)13-18-14-25(35)29-17(18)2/h6-7,13,15-16,20,30H,2-5,8-12,14H2,1H3,(H,29,35)/b18-13+. The molecule has 3 fully saturated rings. The number of carbonyl (C=O) groups excluding carboxylic acids is 2. The van der Waals surface area contributed by atoms with Crippen LogP contribution in [0.2, 0.25) is 0 Å². The zero-order valence-corrected chi connectivity index (χ0v) is 21.8. The maximum absolute atomic E-state index is 13.2. The van der Waals surface area contributed by atoms with Crippen molar-refractivity contribution in [3.05, 3.63) is 52.7 Å². The number of hydrogen-bond acceptors (Lipinski definition) is 7. The van der Waals surface area contributed by atoms with Gasteiger partial charge in [-0.15, -0.1) is 11.3 Å². The second kappa shape index (κ2) is 9.75. The second-order valence-corrected chi connectivity index (χ2v) is 11.0. The van der Waals surface area contributed by atoms with Gasteiger partial charge in [-0.3, -0.25) is 14.5 Å². The van der Waals surface area contributed by atoms with Crippen LogP contribution in [-0.2, 0) is 4.79 Å². The Morgan fingerprint density at radius 3 is 2.78 bits per heavy atom. The Balaban J connectivity index is 1.30. The Labute approximate surface area is 219 Å². The molecule has 0 bridgehead atoms. The van der Waals surface area contributed by atoms with Gasteiger partial charge in [0.15, 0.2) is 5.65 Å². The number of allylic oxidation sites excluding steroid dienone is 1. The fourth-order valence-electron chi connectivity index (χ4n) is 4.88. The summed E-state index contributed by atoms with van der Waals surface area (Å²) in [5, 5.41) is 10.9. The average Bonchev–Trinajstić information content (AvgIpc) is 3.26. The molecule has 192 valence electrons. The molecule has 3 aromatic heterocycles. The molecule has 3 aliphatic rings. The molecule has 3 aromatic rings. The summed E-state index contributed by atoms with van der Waals surface area (Å²) in [4.78, 5) is 36.0. The van der Waals surface area contributed by atoms with E-state index in [4.69, 9.17) is 4.98 Å². The summed E-state index contributed by atoms with van der Waals surface area (Å²) < 4.78 is 1.82. The van der Waals surface area contributed by atoms with Gasteiger partial charge in [-0.25, -0.2) is 4.98 Å². The smallest absolute Gasteiger partial charge is 0.264 e. The van der Waals surface area contributed by atoms with Crippen molar-refractivity contribution in [3.63, 3.8) is 0 Å². The zero-order valence-electron chi connectivity index (χ0n) is 21.0. The van der Waals surface area contributed by atoms with Gasteiger partial charge in [-0.2, -0.15) is 9.61 Å². The van der Waals surface area contributed by atoms with Gasteiger partial charge in [0, 0.05) is 49.5 Å². The molecule has 0 aromatic carbocycles. The first-order valence-electron chi connectivity index (χ1n) is 13.0. The van der Waals surface area contributed by atoms with Crippen molar-refractivity contribution in [1.82, 2.24) is 29.7 Å². The summed E-state index contributed by atoms with van der Waals surface area (Å²) in [7, 11) is 0. The van der Waals surface area contributed by atoms with Crippen molar-refractivity contribution in [2.75, 3.05) is 38.0 Å². The van der Waals surface area contributed by atoms with Gasteiger partial charge in [-0.05, 0) is 49.6 Å². The predicted molar refractivity (Wildman–Crippen MR) is 145 cm³/mol. The van der Waals surface area contributed by atoms with Gasteiger partial charge in [0.1, 0.15) is 5.82 Å². The molecule has 5 heterocycles. The lowest BCUT2D eigenvalue weighted by atomic mass is 10.1. The maximum Gasteiger partial charge on any atom is 0.264 e. The number of aromatic nitrogens is 3. The third-order valence-electron chi connectivity index (χ3n) is 7.06. The largest absolute Gasteiger partial charge is 0.367 e. The quantitative estimate of drug-likeness (QED) is 0.497. The minimum atomic E-state index is -0.0555. The number of rotatable bonds is 7. The minimum absolute atomic E-state index is 0.0555. The molecular formula is C27H31N7O2S. The third kappa shape index (κ3) is 4.91. The molecule has 0 unspecified atom stereocenters. The Bertz CT molecular complexity index is 1410. The Morgan fingerprint density at radius 1 is 1.27 bits per heavy atom. The molecule has 0 radical (unpaired) electrons. The number of nitrogens with one attached hydrogen (secondary N) is 2. The predicted octanol–water partition coefficient (Wildman–Crippen LogP) is 3.62. The third-order valence-corrected chi connectivity index (χ3v) is 8.15. The van der Waals surface area contributed by atoms with Crippen molar-refractivity contribution < 1.29 is 9.59 Å². The fourth-order valence-corrected chi connectivity index (χ4v) is 5.82. The van der Waals surface area contributed by atoms with Crippen LogP contribution in [0, 0.1) is 0 Å². The van der Waals surface area contributed by atoms with Crippen LogP contribution in [-0.4, -0.2) is 75.0 Å². The highest BCUT2D eigenvalue weighted by Gasteiger charge is 2.26. The van der Waals surface area contributed by atoms with E-state index >= 15 is 0 Å². The number of carbonyl (C=O) groups is 2. The fraction of sp³-hybridized carbons (Fsp3) is 0.407. The van der Waals surface area contributed by atoms with Crippen LogP contribution in [0.5, 0.6) is 0 Å². The lowest BCUT2D eigenvalue weighted by Gasteiger charge is -2.34. The van der Waals surface area contributed by atoms with E-state index in [1.807, 2.05) is 33.7 Å². The molecule has 9 nitrogen and oxygen atoms in total. The molecule has 2 aliphatic heterocycles. The van der Waals surface area contributed by atoms with Gasteiger partial charge in [0.05, 0.1) is 28.1 Å². The van der Waals surface area contributed by atoms with E-state index < -0.39 is 0 Å². The average molecular weight is 518 g/mol. The van der Waals surface area contributed by atoms with Crippen LogP contribution in [0.15, 0.2) is 42.2 Å². The van der Waals surface area contributed by atoms with Crippen molar-refractivity contribution in [1.29, 1.82) is 0 Å². The van der Waals surface area contributed by atoms with Crippen LogP contribution in [0.25, 0.3) is 22.3 Å². The van der Waals surface area contributed by atoms with Crippen LogP contribution in [0.1, 0.15) is 47.8 Å². The van der Waals surface area contributed by atoms with E-state index in [-0.39, 0.29) is 11.8 Å². The summed E-state index contributed by atoms with van der Waals surface area (Å²) in [5.41, 5.74) is 3.78. The number of amides is 2. The van der Waals surface area contributed by atoms with E-state index in [9.17, 15) is 9.59 Å². The summed E-state index contributed by atoms with van der Waals surface area (Å²) in [6, 6.07) is 6.35. The summed E-state index contributed by atoms with van der Waals surface area (Å²) in [6.45, 7) is 10.6. The Hall–Kier alpha value is -3.50. The highest BCUT2D eigenvalue weighted by molar-refractivity contribution is 7.17. The van der Waals surface area contributed by atoms with Crippen LogP contribution in [0.3, 0.4) is 0 Å². The summed E-state index contributed by atoms with van der Waals surface area (Å²) in [5.74, 6) is 0.913. The first-order chi connectivity index (χ1) is 18.0. The number of hydrogen-bond donors (Lipinski definition) is 2. The maximum atomic E-state index is 13.2. The van der Waals surface area contributed by atoms with Crippen molar-refractivity contribution in [3.8, 4) is 10.6 Å². The van der Waals surface area contributed by atoms with Crippen LogP contribution in [0.4, 0.5) is 5.82 Å². The molecule has 0 spiro atoms. The molecule has 37 heavy (non-hydrogen) atoms. The van der Waals surface area contributed by atoms with E-state index in [0.29, 0.717) is 23.8 Å². The Morgan fingerprint density at radius 2 is 2.08 bits per heavy atom. The van der Waals surface area contributed by atoms with Crippen molar-refractivity contribution in [2.45, 2.75) is 38.6 Å². The van der Waals surface area contributed by atoms with Crippen LogP contribution >= 0.6 is 11.3 Å². The summed E-state index contributed by atoms with van der Waals surface area (Å²) >= 11 is 1.48. The summed E-state index contributed by atoms with van der Waals surface area (Å²) in [6.07, 6.45) is 7.40. The highest BCUT2D eigenvalue weighted by atomic mass is 32.1. The number of anilines is 1. The molecule has 1 aliphatic carbocycles. The van der Waals surface area contributed by atoms with Gasteiger partial charge >= 0.3 is 0 Å². The first kappa shape index (κ1) is 23.9. The van der Waals surface area contributed by atoms with Gasteiger partial charge in [-0.1, -0.05) is 13.5 Å². The molecule has 2 saturated heterocycles. The number of nitrogens with zero attached hydrogens (tertiary/aromatic N) is 5. The van der Waals surface area contributed by atoms with Crippen LogP contribution < -0.4 is 10.6 Å². The van der Waals surface area contributed by atoms with Gasteiger partial charge in [0.25, 0.3) is 5.91 Å². The molecule has 2 amide bonds. The first-order valence-corrected chi connectivity index (χ1v) is 13.8. The van der Waals surface area contributed by atoms with E-state index in [0.717, 1.165) is 84.4 Å². The number of piperazine rings is 1. The zero-order chi connectivity index (χ0) is 25.5. The molecule has 6 rings (SSSR count). The monoisotopic (exact) mass is 517 g/mol. The minimum Gasteiger partial charge on any atom is -0.367 e. The number of fused-ring (bicyclic) bond motifs is 1. The molecular weight excluding hydrogens is 486 g/mol.